The molecule has 0 aliphatic carbocycles. The van der Waals surface area contributed by atoms with E-state index in [0.29, 0.717) is 26.9 Å². The SMILES string of the molecule is COc1ccccc1CC(=O)OCN1C(=O)c2c(C(C)C)cc(N(C)C)cc2S1(=O)=O. The fourth-order valence-corrected chi connectivity index (χ4v) is 4.91. The highest BCUT2D eigenvalue weighted by atomic mass is 32.2. The minimum Gasteiger partial charge on any atom is -0.496 e. The average molecular weight is 447 g/mol. The predicted octanol–water partition coefficient (Wildman–Crippen LogP) is 2.77. The second kappa shape index (κ2) is 8.58. The highest BCUT2D eigenvalue weighted by Gasteiger charge is 2.44. The summed E-state index contributed by atoms with van der Waals surface area (Å²) >= 11 is 0. The second-order valence-corrected chi connectivity index (χ2v) is 9.58. The largest absolute Gasteiger partial charge is 0.496 e. The van der Waals surface area contributed by atoms with Crippen molar-refractivity contribution in [3.05, 3.63) is 53.1 Å². The van der Waals surface area contributed by atoms with Crippen LogP contribution in [0, 0.1) is 0 Å². The number of carbonyl (C=O) groups is 2. The van der Waals surface area contributed by atoms with Crippen LogP contribution < -0.4 is 9.64 Å². The Bertz CT molecular complexity index is 1120. The van der Waals surface area contributed by atoms with E-state index in [9.17, 15) is 18.0 Å². The second-order valence-electron chi connectivity index (χ2n) is 7.75. The Kier molecular flexibility index (Phi) is 6.26. The Morgan fingerprint density at radius 1 is 1.16 bits per heavy atom. The number of hydrogen-bond donors (Lipinski definition) is 0. The van der Waals surface area contributed by atoms with E-state index in [1.807, 2.05) is 19.9 Å². The van der Waals surface area contributed by atoms with E-state index in [1.54, 1.807) is 43.3 Å². The molecule has 0 unspecified atom stereocenters. The number of esters is 1. The standard InChI is InChI=1S/C22H26N2O6S/c1-14(2)17-11-16(23(3)4)12-19-21(17)22(26)24(31(19,27)28)13-30-20(25)10-15-8-6-7-9-18(15)29-5/h6-9,11-12,14H,10,13H2,1-5H3. The Labute approximate surface area is 182 Å². The molecule has 8 nitrogen and oxygen atoms in total. The van der Waals surface area contributed by atoms with E-state index in [2.05, 4.69) is 0 Å². The molecule has 9 heteroatoms. The van der Waals surface area contributed by atoms with E-state index in [-0.39, 0.29) is 22.8 Å². The number of methoxy groups -OCH3 is 1. The van der Waals surface area contributed by atoms with Crippen LogP contribution in [0.1, 0.15) is 41.3 Å². The van der Waals surface area contributed by atoms with Crippen LogP contribution in [-0.4, -0.2) is 52.5 Å². The average Bonchev–Trinajstić information content (AvgIpc) is 2.91. The third-order valence-electron chi connectivity index (χ3n) is 5.13. The quantitative estimate of drug-likeness (QED) is 0.604. The molecule has 0 spiro atoms. The Hall–Kier alpha value is -3.07. The van der Waals surface area contributed by atoms with Crippen LogP contribution in [0.3, 0.4) is 0 Å². The van der Waals surface area contributed by atoms with Crippen molar-refractivity contribution < 1.29 is 27.5 Å². The highest BCUT2D eigenvalue weighted by Crippen LogP contribution is 2.38. The topological polar surface area (TPSA) is 93.2 Å². The van der Waals surface area contributed by atoms with Gasteiger partial charge in [-0.3, -0.25) is 9.59 Å². The van der Waals surface area contributed by atoms with E-state index in [4.69, 9.17) is 9.47 Å². The highest BCUT2D eigenvalue weighted by molar-refractivity contribution is 7.90. The molecular formula is C22H26N2O6S. The zero-order valence-electron chi connectivity index (χ0n) is 18.2. The zero-order valence-corrected chi connectivity index (χ0v) is 19.0. The molecule has 1 amide bonds. The lowest BCUT2D eigenvalue weighted by Gasteiger charge is -2.17. The molecule has 0 bridgehead atoms. The van der Waals surface area contributed by atoms with E-state index >= 15 is 0 Å². The summed E-state index contributed by atoms with van der Waals surface area (Å²) in [6.45, 7) is 3.11. The number of para-hydroxylation sites is 1. The number of anilines is 1. The van der Waals surface area contributed by atoms with Crippen molar-refractivity contribution in [1.29, 1.82) is 0 Å². The number of hydrogen-bond acceptors (Lipinski definition) is 7. The summed E-state index contributed by atoms with van der Waals surface area (Å²) in [5.41, 5.74) is 2.06. The first-order chi connectivity index (χ1) is 14.6. The van der Waals surface area contributed by atoms with Crippen LogP contribution in [0.2, 0.25) is 0 Å². The smallest absolute Gasteiger partial charge is 0.312 e. The fraction of sp³-hybridized carbons (Fsp3) is 0.364. The zero-order chi connectivity index (χ0) is 22.9. The van der Waals surface area contributed by atoms with Crippen molar-refractivity contribution in [2.24, 2.45) is 0 Å². The lowest BCUT2D eigenvalue weighted by molar-refractivity contribution is -0.144. The van der Waals surface area contributed by atoms with Gasteiger partial charge in [-0.25, -0.2) is 8.42 Å². The van der Waals surface area contributed by atoms with Gasteiger partial charge in [-0.15, -0.1) is 0 Å². The Morgan fingerprint density at radius 3 is 2.45 bits per heavy atom. The normalized spacial score (nSPS) is 14.5. The van der Waals surface area contributed by atoms with Gasteiger partial charge in [0, 0.05) is 25.3 Å². The molecule has 0 N–H and O–H groups in total. The molecule has 0 atom stereocenters. The predicted molar refractivity (Wildman–Crippen MR) is 116 cm³/mol. The number of benzene rings is 2. The molecule has 2 aromatic carbocycles. The molecule has 0 saturated heterocycles. The summed E-state index contributed by atoms with van der Waals surface area (Å²) in [5.74, 6) is -0.897. The summed E-state index contributed by atoms with van der Waals surface area (Å²) in [7, 11) is 0.954. The molecule has 1 aliphatic rings. The maximum atomic E-state index is 13.1. The fourth-order valence-electron chi connectivity index (χ4n) is 3.43. The molecule has 0 fully saturated rings. The maximum absolute atomic E-state index is 13.1. The molecule has 3 rings (SSSR count). The van der Waals surface area contributed by atoms with Gasteiger partial charge in [0.25, 0.3) is 15.9 Å². The van der Waals surface area contributed by atoms with Gasteiger partial charge < -0.3 is 14.4 Å². The molecule has 1 aliphatic heterocycles. The summed E-state index contributed by atoms with van der Waals surface area (Å²) in [4.78, 5) is 27.1. The summed E-state index contributed by atoms with van der Waals surface area (Å²) in [6, 6.07) is 10.2. The number of sulfonamides is 1. The van der Waals surface area contributed by atoms with E-state index < -0.39 is 28.6 Å². The molecule has 0 aromatic heterocycles. The van der Waals surface area contributed by atoms with Gasteiger partial charge in [-0.2, -0.15) is 4.31 Å². The monoisotopic (exact) mass is 446 g/mol. The number of amides is 1. The summed E-state index contributed by atoms with van der Waals surface area (Å²) < 4.78 is 37.2. The van der Waals surface area contributed by atoms with Crippen molar-refractivity contribution in [2.75, 3.05) is 32.8 Å². The number of ether oxygens (including phenoxy) is 2. The van der Waals surface area contributed by atoms with Crippen LogP contribution in [0.25, 0.3) is 0 Å². The molecule has 1 heterocycles. The van der Waals surface area contributed by atoms with Crippen LogP contribution >= 0.6 is 0 Å². The van der Waals surface area contributed by atoms with Gasteiger partial charge >= 0.3 is 5.97 Å². The summed E-state index contributed by atoms with van der Waals surface area (Å²) in [5, 5.41) is 0. The minimum absolute atomic E-state index is 0.0619. The summed E-state index contributed by atoms with van der Waals surface area (Å²) in [6.07, 6.45) is -0.110. The van der Waals surface area contributed by atoms with E-state index in [1.165, 1.54) is 13.2 Å². The molecular weight excluding hydrogens is 420 g/mol. The number of carbonyl (C=O) groups excluding carboxylic acids is 2. The molecule has 0 radical (unpaired) electrons. The number of fused-ring (bicyclic) bond motifs is 1. The Morgan fingerprint density at radius 2 is 1.84 bits per heavy atom. The van der Waals surface area contributed by atoms with Crippen LogP contribution in [-0.2, 0) is 26.0 Å². The lowest BCUT2D eigenvalue weighted by atomic mass is 9.95. The third kappa shape index (κ3) is 4.23. The first-order valence-corrected chi connectivity index (χ1v) is 11.2. The van der Waals surface area contributed by atoms with Crippen LogP contribution in [0.5, 0.6) is 5.75 Å². The molecule has 31 heavy (non-hydrogen) atoms. The number of nitrogens with zero attached hydrogens (tertiary/aromatic N) is 2. The van der Waals surface area contributed by atoms with Crippen LogP contribution in [0.15, 0.2) is 41.3 Å². The van der Waals surface area contributed by atoms with Gasteiger partial charge in [-0.05, 0) is 29.7 Å². The van der Waals surface area contributed by atoms with Crippen molar-refractivity contribution in [1.82, 2.24) is 4.31 Å². The minimum atomic E-state index is -4.13. The maximum Gasteiger partial charge on any atom is 0.312 e. The molecule has 2 aromatic rings. The van der Waals surface area contributed by atoms with Crippen molar-refractivity contribution in [2.45, 2.75) is 31.1 Å². The van der Waals surface area contributed by atoms with Gasteiger partial charge in [0.1, 0.15) is 10.6 Å². The van der Waals surface area contributed by atoms with Gasteiger partial charge in [0.15, 0.2) is 6.73 Å². The number of rotatable bonds is 7. The molecule has 166 valence electrons. The van der Waals surface area contributed by atoms with Crippen molar-refractivity contribution in [3.8, 4) is 5.75 Å². The first kappa shape index (κ1) is 22.6. The van der Waals surface area contributed by atoms with Crippen LogP contribution in [0.4, 0.5) is 5.69 Å². The van der Waals surface area contributed by atoms with Gasteiger partial charge in [-0.1, -0.05) is 32.0 Å². The molecule has 0 saturated carbocycles. The van der Waals surface area contributed by atoms with Crippen molar-refractivity contribution in [3.63, 3.8) is 0 Å². The lowest BCUT2D eigenvalue weighted by Crippen LogP contribution is -2.33. The Balaban J connectivity index is 1.85. The first-order valence-electron chi connectivity index (χ1n) is 9.77. The third-order valence-corrected chi connectivity index (χ3v) is 6.86. The van der Waals surface area contributed by atoms with Gasteiger partial charge in [0.2, 0.25) is 0 Å². The van der Waals surface area contributed by atoms with Gasteiger partial charge in [0.05, 0.1) is 19.1 Å². The van der Waals surface area contributed by atoms with E-state index in [0.717, 1.165) is 0 Å². The van der Waals surface area contributed by atoms with Crippen molar-refractivity contribution >= 4 is 27.6 Å².